The summed E-state index contributed by atoms with van der Waals surface area (Å²) in [7, 11) is 0. The van der Waals surface area contributed by atoms with Crippen molar-refractivity contribution in [3.05, 3.63) is 71.8 Å². The Kier molecular flexibility index (Phi) is 9.76. The monoisotopic (exact) mass is 439 g/mol. The average molecular weight is 440 g/mol. The second kappa shape index (κ2) is 12.3. The highest BCUT2D eigenvalue weighted by Gasteiger charge is 2.24. The number of nitrogens with zero attached hydrogens (tertiary/aromatic N) is 1. The molecule has 32 heavy (non-hydrogen) atoms. The van der Waals surface area contributed by atoms with Crippen LogP contribution in [0.15, 0.2) is 60.7 Å². The van der Waals surface area contributed by atoms with E-state index in [4.69, 9.17) is 9.47 Å². The van der Waals surface area contributed by atoms with Gasteiger partial charge in [0.2, 0.25) is 0 Å². The van der Waals surface area contributed by atoms with Crippen LogP contribution in [0.4, 0.5) is 4.79 Å². The maximum absolute atomic E-state index is 12.8. The zero-order chi connectivity index (χ0) is 23.6. The van der Waals surface area contributed by atoms with Crippen LogP contribution < -0.4 is 0 Å². The van der Waals surface area contributed by atoms with Gasteiger partial charge in [0.15, 0.2) is 0 Å². The topological polar surface area (TPSA) is 55.8 Å². The third-order valence-corrected chi connectivity index (χ3v) is 5.14. The third-order valence-electron chi connectivity index (χ3n) is 5.14. The molecule has 0 radical (unpaired) electrons. The molecule has 0 spiro atoms. The van der Waals surface area contributed by atoms with E-state index in [2.05, 4.69) is 19.1 Å². The summed E-state index contributed by atoms with van der Waals surface area (Å²) in [6.07, 6.45) is 1.69. The fourth-order valence-electron chi connectivity index (χ4n) is 3.64. The smallest absolute Gasteiger partial charge is 0.410 e. The predicted molar refractivity (Wildman–Crippen MR) is 127 cm³/mol. The number of amides is 1. The summed E-state index contributed by atoms with van der Waals surface area (Å²) < 4.78 is 11.3. The summed E-state index contributed by atoms with van der Waals surface area (Å²) >= 11 is 0. The molecule has 2 rings (SSSR count). The molecule has 0 fully saturated rings. The largest absolute Gasteiger partial charge is 0.462 e. The van der Waals surface area contributed by atoms with Crippen molar-refractivity contribution in [3.8, 4) is 0 Å². The Labute approximate surface area is 192 Å². The molecule has 2 aromatic carbocycles. The first kappa shape index (κ1) is 25.4. The number of carbonyl (C=O) groups is 2. The fourth-order valence-corrected chi connectivity index (χ4v) is 3.64. The number of ether oxygens (including phenoxy) is 2. The molecule has 0 heterocycles. The second-order valence-electron chi connectivity index (χ2n) is 9.34. The Balaban J connectivity index is 2.02. The van der Waals surface area contributed by atoms with Crippen LogP contribution in [0.5, 0.6) is 0 Å². The Morgan fingerprint density at radius 2 is 1.50 bits per heavy atom. The summed E-state index contributed by atoms with van der Waals surface area (Å²) in [5.74, 6) is -0.103. The molecule has 1 amide bonds. The van der Waals surface area contributed by atoms with Crippen LogP contribution >= 0.6 is 0 Å². The molecule has 5 nitrogen and oxygen atoms in total. The van der Waals surface area contributed by atoms with Crippen molar-refractivity contribution in [2.45, 2.75) is 72.1 Å². The fraction of sp³-hybridized carbons (Fsp3) is 0.481. The molecule has 2 aromatic rings. The maximum Gasteiger partial charge on any atom is 0.410 e. The van der Waals surface area contributed by atoms with Gasteiger partial charge >= 0.3 is 12.1 Å². The lowest BCUT2D eigenvalue weighted by Gasteiger charge is -2.29. The van der Waals surface area contributed by atoms with Crippen molar-refractivity contribution < 1.29 is 19.1 Å². The van der Waals surface area contributed by atoms with Crippen molar-refractivity contribution in [2.24, 2.45) is 5.92 Å². The molecule has 0 aliphatic heterocycles. The van der Waals surface area contributed by atoms with Crippen molar-refractivity contribution in [2.75, 3.05) is 6.54 Å². The molecule has 0 N–H and O–H groups in total. The number of hydrogen-bond donors (Lipinski definition) is 0. The highest BCUT2D eigenvalue weighted by atomic mass is 16.6. The van der Waals surface area contributed by atoms with Crippen LogP contribution in [0.3, 0.4) is 0 Å². The summed E-state index contributed by atoms with van der Waals surface area (Å²) in [6.45, 7) is 10.2. The van der Waals surface area contributed by atoms with E-state index in [0.717, 1.165) is 12.0 Å². The summed E-state index contributed by atoms with van der Waals surface area (Å²) in [4.78, 5) is 26.2. The van der Waals surface area contributed by atoms with Gasteiger partial charge in [-0.05, 0) is 57.1 Å². The normalized spacial score (nSPS) is 13.2. The van der Waals surface area contributed by atoms with Crippen molar-refractivity contribution in [1.29, 1.82) is 0 Å². The minimum absolute atomic E-state index is 0.172. The van der Waals surface area contributed by atoms with Crippen LogP contribution in [0.1, 0.15) is 58.6 Å². The standard InChI is InChI=1S/C27H37NO4/c1-21(19-23-13-8-6-9-14-23)25(31-22(2)29)17-12-18-28(26(30)32-27(3,4)5)20-24-15-10-7-11-16-24/h6-11,13-16,21,25H,12,17-20H2,1-5H3. The van der Waals surface area contributed by atoms with Crippen LogP contribution in [-0.4, -0.2) is 35.2 Å². The molecule has 0 bridgehead atoms. The van der Waals surface area contributed by atoms with E-state index < -0.39 is 5.60 Å². The van der Waals surface area contributed by atoms with Gasteiger partial charge in [-0.2, -0.15) is 0 Å². The summed E-state index contributed by atoms with van der Waals surface area (Å²) in [6, 6.07) is 20.1. The van der Waals surface area contributed by atoms with E-state index in [-0.39, 0.29) is 24.1 Å². The Morgan fingerprint density at radius 1 is 0.938 bits per heavy atom. The van der Waals surface area contributed by atoms with Crippen LogP contribution in [0.25, 0.3) is 0 Å². The Morgan fingerprint density at radius 3 is 2.03 bits per heavy atom. The van der Waals surface area contributed by atoms with Crippen LogP contribution in [0.2, 0.25) is 0 Å². The SMILES string of the molecule is CC(=O)OC(CCCN(Cc1ccccc1)C(=O)OC(C)(C)C)C(C)Cc1ccccc1. The number of hydrogen-bond acceptors (Lipinski definition) is 4. The Bertz CT molecular complexity index is 830. The quantitative estimate of drug-likeness (QED) is 0.425. The predicted octanol–water partition coefficient (Wildman–Crippen LogP) is 6.01. The molecular formula is C27H37NO4. The lowest BCUT2D eigenvalue weighted by Crippen LogP contribution is -2.37. The van der Waals surface area contributed by atoms with E-state index in [9.17, 15) is 9.59 Å². The minimum atomic E-state index is -0.559. The van der Waals surface area contributed by atoms with E-state index in [1.165, 1.54) is 12.5 Å². The molecule has 2 atom stereocenters. The lowest BCUT2D eigenvalue weighted by atomic mass is 9.93. The van der Waals surface area contributed by atoms with E-state index in [1.54, 1.807) is 4.90 Å². The lowest BCUT2D eigenvalue weighted by molar-refractivity contribution is -0.149. The zero-order valence-electron chi connectivity index (χ0n) is 20.0. The Hall–Kier alpha value is -2.82. The summed E-state index contributed by atoms with van der Waals surface area (Å²) in [5.41, 5.74) is 1.71. The number of rotatable bonds is 10. The number of carbonyl (C=O) groups excluding carboxylic acids is 2. The molecule has 0 saturated heterocycles. The molecule has 5 heteroatoms. The van der Waals surface area contributed by atoms with Gasteiger partial charge in [-0.3, -0.25) is 4.79 Å². The summed E-state index contributed by atoms with van der Waals surface area (Å²) in [5, 5.41) is 0. The zero-order valence-corrected chi connectivity index (χ0v) is 20.0. The van der Waals surface area contributed by atoms with Gasteiger partial charge in [-0.25, -0.2) is 4.79 Å². The maximum atomic E-state index is 12.8. The highest BCUT2D eigenvalue weighted by molar-refractivity contribution is 5.68. The van der Waals surface area contributed by atoms with E-state index in [1.807, 2.05) is 69.3 Å². The van der Waals surface area contributed by atoms with Crippen LogP contribution in [-0.2, 0) is 27.2 Å². The van der Waals surface area contributed by atoms with Crippen molar-refractivity contribution in [3.63, 3.8) is 0 Å². The molecule has 174 valence electrons. The molecule has 0 saturated carbocycles. The minimum Gasteiger partial charge on any atom is -0.462 e. The first-order chi connectivity index (χ1) is 15.1. The molecule has 0 aromatic heterocycles. The average Bonchev–Trinajstić information content (AvgIpc) is 2.72. The number of esters is 1. The van der Waals surface area contributed by atoms with Gasteiger partial charge in [0.25, 0.3) is 0 Å². The number of benzene rings is 2. The molecule has 0 aliphatic carbocycles. The molecule has 2 unspecified atom stereocenters. The van der Waals surface area contributed by atoms with Gasteiger partial charge in [-0.1, -0.05) is 67.6 Å². The molecular weight excluding hydrogens is 402 g/mol. The van der Waals surface area contributed by atoms with Crippen LogP contribution in [0, 0.1) is 5.92 Å². The highest BCUT2D eigenvalue weighted by Crippen LogP contribution is 2.20. The third kappa shape index (κ3) is 9.54. The first-order valence-electron chi connectivity index (χ1n) is 11.4. The van der Waals surface area contributed by atoms with Gasteiger partial charge < -0.3 is 14.4 Å². The first-order valence-corrected chi connectivity index (χ1v) is 11.4. The van der Waals surface area contributed by atoms with Crippen molar-refractivity contribution >= 4 is 12.1 Å². The van der Waals surface area contributed by atoms with E-state index >= 15 is 0 Å². The second-order valence-corrected chi connectivity index (χ2v) is 9.34. The van der Waals surface area contributed by atoms with Gasteiger partial charge in [-0.15, -0.1) is 0 Å². The van der Waals surface area contributed by atoms with Gasteiger partial charge in [0.1, 0.15) is 11.7 Å². The van der Waals surface area contributed by atoms with Gasteiger partial charge in [0.05, 0.1) is 0 Å². The molecule has 0 aliphatic rings. The van der Waals surface area contributed by atoms with Gasteiger partial charge in [0, 0.05) is 20.0 Å². The van der Waals surface area contributed by atoms with Crippen molar-refractivity contribution in [1.82, 2.24) is 4.90 Å². The van der Waals surface area contributed by atoms with E-state index in [0.29, 0.717) is 25.9 Å².